The maximum absolute atomic E-state index is 13.4. The fourth-order valence-corrected chi connectivity index (χ4v) is 7.59. The van der Waals surface area contributed by atoms with Crippen LogP contribution in [0.25, 0.3) is 0 Å². The van der Waals surface area contributed by atoms with Gasteiger partial charge in [-0.25, -0.2) is 0 Å². The van der Waals surface area contributed by atoms with E-state index in [0.717, 1.165) is 24.2 Å². The molecule has 0 saturated carbocycles. The normalized spacial score (nSPS) is 24.9. The van der Waals surface area contributed by atoms with Crippen LogP contribution in [-0.4, -0.2) is 180 Å². The van der Waals surface area contributed by atoms with Gasteiger partial charge in [0.2, 0.25) is 0 Å². The summed E-state index contributed by atoms with van der Waals surface area (Å²) in [7, 11) is 1.42. The largest absolute Gasteiger partial charge is 0.491 e. The average molecular weight is 747 g/mol. The Bertz CT molecular complexity index is 1280. The number of hydrogen-bond donors (Lipinski definition) is 0. The zero-order valence-electron chi connectivity index (χ0n) is 31.5. The molecule has 0 N–H and O–H groups in total. The monoisotopic (exact) mass is 746 g/mol. The Labute approximate surface area is 313 Å². The van der Waals surface area contributed by atoms with Crippen molar-refractivity contribution in [2.75, 3.05) is 112 Å². The van der Waals surface area contributed by atoms with Crippen molar-refractivity contribution < 1.29 is 52.3 Å². The van der Waals surface area contributed by atoms with Crippen LogP contribution in [0.15, 0.2) is 24.3 Å². The second-order valence-corrected chi connectivity index (χ2v) is 13.8. The highest BCUT2D eigenvalue weighted by Crippen LogP contribution is 2.22. The lowest BCUT2D eigenvalue weighted by Crippen LogP contribution is -2.55. The second kappa shape index (κ2) is 21.5. The van der Waals surface area contributed by atoms with Gasteiger partial charge in [-0.3, -0.25) is 38.8 Å². The van der Waals surface area contributed by atoms with Gasteiger partial charge in [0.25, 0.3) is 0 Å². The summed E-state index contributed by atoms with van der Waals surface area (Å²) >= 11 is 0. The standard InChI is InChI=1S/C38H58N4O11/c1-3-48-25-26-49-27-28-50-30-9-7-29(8-10-30)5-4-6-31(35(43)47-2)39-14-16-40(32-11-22-51-36(32)44)18-20-42(34-13-24-53-38(34)46)21-19-41(17-15-39)33-12-23-52-37(33)45/h7-10,31-34H,3-6,11-28H2,1-2H3/t31-,32?,33?,34?/m0/s1. The molecule has 4 atom stereocenters. The van der Waals surface area contributed by atoms with Crippen LogP contribution in [0.4, 0.5) is 0 Å². The number of ether oxygens (including phenoxy) is 7. The van der Waals surface area contributed by atoms with Crippen molar-refractivity contribution in [3.63, 3.8) is 0 Å². The van der Waals surface area contributed by atoms with Crippen LogP contribution in [0.5, 0.6) is 5.75 Å². The third kappa shape index (κ3) is 12.1. The van der Waals surface area contributed by atoms with E-state index in [1.807, 2.05) is 31.2 Å². The highest BCUT2D eigenvalue weighted by atomic mass is 16.6. The van der Waals surface area contributed by atoms with Crippen LogP contribution in [0.3, 0.4) is 0 Å². The van der Waals surface area contributed by atoms with Crippen molar-refractivity contribution in [3.05, 3.63) is 29.8 Å². The molecule has 296 valence electrons. The molecular weight excluding hydrogens is 688 g/mol. The first-order valence-corrected chi connectivity index (χ1v) is 19.3. The van der Waals surface area contributed by atoms with Crippen molar-refractivity contribution in [2.45, 2.75) is 69.6 Å². The highest BCUT2D eigenvalue weighted by Gasteiger charge is 2.39. The zero-order valence-corrected chi connectivity index (χ0v) is 31.5. The average Bonchev–Trinajstić information content (AvgIpc) is 3.92. The van der Waals surface area contributed by atoms with Crippen LogP contribution in [-0.2, 0) is 54.0 Å². The Morgan fingerprint density at radius 2 is 1.17 bits per heavy atom. The Kier molecular flexibility index (Phi) is 16.6. The van der Waals surface area contributed by atoms with E-state index in [-0.39, 0.29) is 29.9 Å². The summed E-state index contributed by atoms with van der Waals surface area (Å²) < 4.78 is 38.0. The predicted molar refractivity (Wildman–Crippen MR) is 192 cm³/mol. The second-order valence-electron chi connectivity index (χ2n) is 13.8. The summed E-state index contributed by atoms with van der Waals surface area (Å²) in [6.45, 7) is 9.98. The molecule has 4 heterocycles. The van der Waals surface area contributed by atoms with Gasteiger partial charge in [0.15, 0.2) is 0 Å². The van der Waals surface area contributed by atoms with E-state index in [1.54, 1.807) is 0 Å². The molecule has 0 spiro atoms. The summed E-state index contributed by atoms with van der Waals surface area (Å²) in [4.78, 5) is 60.4. The van der Waals surface area contributed by atoms with Crippen molar-refractivity contribution >= 4 is 23.9 Å². The maximum Gasteiger partial charge on any atom is 0.323 e. The number of methoxy groups -OCH3 is 1. The third-order valence-electron chi connectivity index (χ3n) is 10.6. The first-order valence-electron chi connectivity index (χ1n) is 19.3. The van der Waals surface area contributed by atoms with Crippen molar-refractivity contribution in [3.8, 4) is 5.75 Å². The molecule has 5 rings (SSSR count). The Hall–Kier alpha value is -3.34. The molecule has 15 heteroatoms. The minimum Gasteiger partial charge on any atom is -0.491 e. The predicted octanol–water partition coefficient (Wildman–Crippen LogP) is 1.15. The number of benzene rings is 1. The van der Waals surface area contributed by atoms with E-state index in [1.165, 1.54) is 7.11 Å². The molecule has 4 aliphatic rings. The number of aryl methyl sites for hydroxylation is 1. The smallest absolute Gasteiger partial charge is 0.323 e. The number of esters is 4. The Balaban J connectivity index is 1.25. The molecule has 0 aromatic heterocycles. The molecule has 1 aromatic carbocycles. The van der Waals surface area contributed by atoms with Crippen LogP contribution in [0.1, 0.15) is 44.6 Å². The van der Waals surface area contributed by atoms with Gasteiger partial charge in [0.1, 0.15) is 36.5 Å². The van der Waals surface area contributed by atoms with Crippen LogP contribution in [0, 0.1) is 0 Å². The summed E-state index contributed by atoms with van der Waals surface area (Å²) in [5.41, 5.74) is 1.13. The molecule has 0 radical (unpaired) electrons. The van der Waals surface area contributed by atoms with E-state index >= 15 is 0 Å². The Morgan fingerprint density at radius 3 is 1.62 bits per heavy atom. The SMILES string of the molecule is CCOCCOCCOc1ccc(CCC[C@@H](C(=O)OC)N2CCN(C3CCOC3=O)CCN(C3CCOC3=O)CCN(C3CCOC3=O)CC2)cc1. The Morgan fingerprint density at radius 1 is 0.698 bits per heavy atom. The molecule has 3 unspecified atom stereocenters. The lowest BCUT2D eigenvalue weighted by atomic mass is 10.0. The van der Waals surface area contributed by atoms with E-state index in [0.29, 0.717) is 131 Å². The summed E-state index contributed by atoms with van der Waals surface area (Å²) in [5, 5.41) is 0. The van der Waals surface area contributed by atoms with Crippen LogP contribution >= 0.6 is 0 Å². The summed E-state index contributed by atoms with van der Waals surface area (Å²) in [6, 6.07) is 6.31. The van der Waals surface area contributed by atoms with Gasteiger partial charge in [-0.05, 0) is 43.9 Å². The number of carbonyl (C=O) groups is 4. The molecular formula is C38H58N4O11. The number of cyclic esters (lactones) is 3. The fourth-order valence-electron chi connectivity index (χ4n) is 7.59. The van der Waals surface area contributed by atoms with Gasteiger partial charge in [0.05, 0.1) is 46.8 Å². The molecule has 15 nitrogen and oxygen atoms in total. The molecule has 4 aliphatic heterocycles. The quantitative estimate of drug-likeness (QED) is 0.128. The lowest BCUT2D eigenvalue weighted by Gasteiger charge is -2.38. The molecule has 0 bridgehead atoms. The minimum atomic E-state index is -0.521. The van der Waals surface area contributed by atoms with E-state index in [4.69, 9.17) is 33.2 Å². The van der Waals surface area contributed by atoms with Gasteiger partial charge >= 0.3 is 23.9 Å². The number of carbonyl (C=O) groups excluding carboxylic acids is 4. The summed E-state index contributed by atoms with van der Waals surface area (Å²) in [6.07, 6.45) is 3.87. The molecule has 53 heavy (non-hydrogen) atoms. The van der Waals surface area contributed by atoms with Crippen LogP contribution in [0.2, 0.25) is 0 Å². The van der Waals surface area contributed by atoms with Gasteiger partial charge in [-0.1, -0.05) is 12.1 Å². The van der Waals surface area contributed by atoms with E-state index in [2.05, 4.69) is 19.6 Å². The molecule has 4 saturated heterocycles. The van der Waals surface area contributed by atoms with Gasteiger partial charge in [-0.15, -0.1) is 0 Å². The van der Waals surface area contributed by atoms with Gasteiger partial charge in [0, 0.05) is 78.2 Å². The topological polar surface area (TPSA) is 146 Å². The highest BCUT2D eigenvalue weighted by molar-refractivity contribution is 5.78. The fraction of sp³-hybridized carbons (Fsp3) is 0.737. The first kappa shape index (κ1) is 40.8. The third-order valence-corrected chi connectivity index (χ3v) is 10.6. The molecule has 1 aromatic rings. The maximum atomic E-state index is 13.4. The molecule has 4 fully saturated rings. The van der Waals surface area contributed by atoms with Gasteiger partial charge in [-0.2, -0.15) is 0 Å². The number of rotatable bonds is 17. The van der Waals surface area contributed by atoms with Crippen molar-refractivity contribution in [2.24, 2.45) is 0 Å². The zero-order chi connectivity index (χ0) is 37.4. The van der Waals surface area contributed by atoms with E-state index in [9.17, 15) is 19.2 Å². The van der Waals surface area contributed by atoms with E-state index < -0.39 is 18.1 Å². The number of nitrogens with zero attached hydrogens (tertiary/aromatic N) is 4. The first-order chi connectivity index (χ1) is 25.9. The number of hydrogen-bond acceptors (Lipinski definition) is 15. The van der Waals surface area contributed by atoms with Crippen molar-refractivity contribution in [1.82, 2.24) is 19.6 Å². The van der Waals surface area contributed by atoms with Crippen molar-refractivity contribution in [1.29, 1.82) is 0 Å². The summed E-state index contributed by atoms with van der Waals surface area (Å²) in [5.74, 6) is -0.260. The molecule has 0 aliphatic carbocycles. The van der Waals surface area contributed by atoms with Gasteiger partial charge < -0.3 is 33.2 Å². The minimum absolute atomic E-state index is 0.234. The van der Waals surface area contributed by atoms with Crippen LogP contribution < -0.4 is 4.74 Å². The lowest BCUT2D eigenvalue weighted by molar-refractivity contribution is -0.149. The molecule has 0 amide bonds.